The van der Waals surface area contributed by atoms with Crippen molar-refractivity contribution in [3.8, 4) is 0 Å². The van der Waals surface area contributed by atoms with Crippen LogP contribution < -0.4 is 0 Å². The van der Waals surface area contributed by atoms with E-state index in [-0.39, 0.29) is 30.0 Å². The third kappa shape index (κ3) is 1.99. The molecule has 0 radical (unpaired) electrons. The van der Waals surface area contributed by atoms with E-state index >= 15 is 0 Å². The lowest BCUT2D eigenvalue weighted by molar-refractivity contribution is 0.0572. The fraction of sp³-hybridized carbons (Fsp3) is 0.444. The number of rotatable bonds is 1. The first kappa shape index (κ1) is 10.5. The van der Waals surface area contributed by atoms with Crippen molar-refractivity contribution >= 4 is 17.5 Å². The topological polar surface area (TPSA) is 73.9 Å². The molecule has 1 fully saturated rings. The Balaban J connectivity index is 2.10. The number of hydrogen-bond acceptors (Lipinski definition) is 4. The van der Waals surface area contributed by atoms with Crippen LogP contribution in [-0.2, 0) is 0 Å². The van der Waals surface area contributed by atoms with E-state index in [1.54, 1.807) is 0 Å². The van der Waals surface area contributed by atoms with Gasteiger partial charge in [-0.2, -0.15) is 0 Å². The largest absolute Gasteiger partial charge is 0.440 e. The molecule has 0 aromatic carbocycles. The predicted octanol–water partition coefficient (Wildman–Crippen LogP) is 0.111. The summed E-state index contributed by atoms with van der Waals surface area (Å²) < 4.78 is 4.94. The van der Waals surface area contributed by atoms with Gasteiger partial charge in [-0.3, -0.25) is 4.79 Å². The molecule has 2 heterocycles. The Kier molecular flexibility index (Phi) is 2.68. The standard InChI is InChI=1S/C9H10ClNO4/c10-8-2-1-7(15-8)9(14)11-3-5(12)6(13)4-11/h1-2,5-6,12-13H,3-4H2. The Hall–Kier alpha value is -1.04. The van der Waals surface area contributed by atoms with Gasteiger partial charge in [-0.05, 0) is 23.7 Å². The first-order chi connectivity index (χ1) is 7.08. The van der Waals surface area contributed by atoms with Gasteiger partial charge in [0, 0.05) is 13.1 Å². The lowest BCUT2D eigenvalue weighted by Gasteiger charge is -2.12. The van der Waals surface area contributed by atoms with Gasteiger partial charge < -0.3 is 19.5 Å². The number of carbonyl (C=O) groups is 1. The van der Waals surface area contributed by atoms with E-state index in [0.29, 0.717) is 0 Å². The van der Waals surface area contributed by atoms with Crippen molar-refractivity contribution in [1.82, 2.24) is 4.90 Å². The van der Waals surface area contributed by atoms with Crippen molar-refractivity contribution in [1.29, 1.82) is 0 Å². The number of carbonyl (C=O) groups excluding carboxylic acids is 1. The third-order valence-corrected chi connectivity index (χ3v) is 2.53. The number of aliphatic hydroxyl groups excluding tert-OH is 2. The molecule has 2 N–H and O–H groups in total. The van der Waals surface area contributed by atoms with Crippen LogP contribution in [0.5, 0.6) is 0 Å². The summed E-state index contributed by atoms with van der Waals surface area (Å²) in [6, 6.07) is 2.93. The van der Waals surface area contributed by atoms with Gasteiger partial charge in [0.2, 0.25) is 0 Å². The van der Waals surface area contributed by atoms with Gasteiger partial charge in [0.05, 0.1) is 12.2 Å². The van der Waals surface area contributed by atoms with Gasteiger partial charge in [0.15, 0.2) is 11.0 Å². The number of furan rings is 1. The molecule has 2 unspecified atom stereocenters. The first-order valence-electron chi connectivity index (χ1n) is 4.48. The minimum Gasteiger partial charge on any atom is -0.440 e. The molecule has 0 saturated carbocycles. The molecule has 1 amide bonds. The highest BCUT2D eigenvalue weighted by molar-refractivity contribution is 6.29. The zero-order valence-electron chi connectivity index (χ0n) is 7.76. The second-order valence-corrected chi connectivity index (χ2v) is 3.82. The molecule has 5 nitrogen and oxygen atoms in total. The SMILES string of the molecule is O=C(c1ccc(Cl)o1)N1CC(O)C(O)C1. The van der Waals surface area contributed by atoms with Crippen LogP contribution >= 0.6 is 11.6 Å². The lowest BCUT2D eigenvalue weighted by atomic mass is 10.3. The van der Waals surface area contributed by atoms with Crippen molar-refractivity contribution in [2.24, 2.45) is 0 Å². The smallest absolute Gasteiger partial charge is 0.289 e. The highest BCUT2D eigenvalue weighted by atomic mass is 35.5. The summed E-state index contributed by atoms with van der Waals surface area (Å²) in [6.07, 6.45) is -1.78. The molecule has 0 spiro atoms. The molecule has 1 aliphatic rings. The van der Waals surface area contributed by atoms with E-state index in [1.807, 2.05) is 0 Å². The van der Waals surface area contributed by atoms with Crippen LogP contribution in [0, 0.1) is 0 Å². The third-order valence-electron chi connectivity index (χ3n) is 2.33. The highest BCUT2D eigenvalue weighted by Gasteiger charge is 2.33. The quantitative estimate of drug-likeness (QED) is 0.720. The van der Waals surface area contributed by atoms with Crippen LogP contribution in [0.1, 0.15) is 10.6 Å². The zero-order valence-corrected chi connectivity index (χ0v) is 8.52. The maximum atomic E-state index is 11.7. The average molecular weight is 232 g/mol. The summed E-state index contributed by atoms with van der Waals surface area (Å²) in [5, 5.41) is 18.7. The van der Waals surface area contributed by atoms with Crippen LogP contribution in [0.15, 0.2) is 16.5 Å². The zero-order chi connectivity index (χ0) is 11.0. The van der Waals surface area contributed by atoms with E-state index in [1.165, 1.54) is 17.0 Å². The molecule has 82 valence electrons. The van der Waals surface area contributed by atoms with Crippen LogP contribution in [0.25, 0.3) is 0 Å². The van der Waals surface area contributed by atoms with Crippen molar-refractivity contribution < 1.29 is 19.4 Å². The van der Waals surface area contributed by atoms with Crippen LogP contribution in [-0.4, -0.2) is 46.3 Å². The summed E-state index contributed by atoms with van der Waals surface area (Å²) in [7, 11) is 0. The average Bonchev–Trinajstić information content (AvgIpc) is 2.74. The van der Waals surface area contributed by atoms with Gasteiger partial charge >= 0.3 is 0 Å². The summed E-state index contributed by atoms with van der Waals surface area (Å²) in [5.41, 5.74) is 0. The van der Waals surface area contributed by atoms with Crippen molar-refractivity contribution in [2.75, 3.05) is 13.1 Å². The summed E-state index contributed by atoms with van der Waals surface area (Å²) in [6.45, 7) is 0.219. The van der Waals surface area contributed by atoms with E-state index < -0.39 is 12.2 Å². The molecular weight excluding hydrogens is 222 g/mol. The van der Waals surface area contributed by atoms with E-state index in [2.05, 4.69) is 0 Å². The molecule has 2 rings (SSSR count). The second kappa shape index (κ2) is 3.84. The molecule has 0 aliphatic carbocycles. The Morgan fingerprint density at radius 1 is 1.40 bits per heavy atom. The Morgan fingerprint density at radius 3 is 2.47 bits per heavy atom. The van der Waals surface area contributed by atoms with E-state index in [4.69, 9.17) is 16.0 Å². The lowest BCUT2D eigenvalue weighted by Crippen LogP contribution is -2.29. The van der Waals surface area contributed by atoms with Crippen molar-refractivity contribution in [3.05, 3.63) is 23.1 Å². The van der Waals surface area contributed by atoms with E-state index in [9.17, 15) is 15.0 Å². The van der Waals surface area contributed by atoms with Crippen molar-refractivity contribution in [2.45, 2.75) is 12.2 Å². The summed E-state index contributed by atoms with van der Waals surface area (Å²) >= 11 is 5.53. The molecule has 15 heavy (non-hydrogen) atoms. The Morgan fingerprint density at radius 2 is 2.00 bits per heavy atom. The monoisotopic (exact) mass is 231 g/mol. The maximum absolute atomic E-state index is 11.7. The predicted molar refractivity (Wildman–Crippen MR) is 51.6 cm³/mol. The summed E-state index contributed by atoms with van der Waals surface area (Å²) in [5.74, 6) is -0.265. The highest BCUT2D eigenvalue weighted by Crippen LogP contribution is 2.18. The number of amides is 1. The number of halogens is 1. The van der Waals surface area contributed by atoms with Gasteiger partial charge in [-0.25, -0.2) is 0 Å². The Bertz CT molecular complexity index is 368. The molecule has 2 atom stereocenters. The van der Waals surface area contributed by atoms with Gasteiger partial charge in [0.1, 0.15) is 0 Å². The molecule has 1 aromatic rings. The molecule has 0 bridgehead atoms. The fourth-order valence-corrected chi connectivity index (χ4v) is 1.67. The van der Waals surface area contributed by atoms with Crippen LogP contribution in [0.4, 0.5) is 0 Å². The molecule has 1 aliphatic heterocycles. The number of likely N-dealkylation sites (tertiary alicyclic amines) is 1. The van der Waals surface area contributed by atoms with Crippen LogP contribution in [0.3, 0.4) is 0 Å². The number of aliphatic hydroxyl groups is 2. The van der Waals surface area contributed by atoms with Crippen molar-refractivity contribution in [3.63, 3.8) is 0 Å². The fourth-order valence-electron chi connectivity index (χ4n) is 1.52. The number of hydrogen-bond donors (Lipinski definition) is 2. The first-order valence-corrected chi connectivity index (χ1v) is 4.86. The Labute approximate surface area is 90.9 Å². The second-order valence-electron chi connectivity index (χ2n) is 3.45. The summed E-state index contributed by atoms with van der Waals surface area (Å²) in [4.78, 5) is 13.0. The number of nitrogens with zero attached hydrogens (tertiary/aromatic N) is 1. The van der Waals surface area contributed by atoms with Crippen LogP contribution in [0.2, 0.25) is 5.22 Å². The van der Waals surface area contributed by atoms with Gasteiger partial charge in [-0.1, -0.05) is 0 Å². The molecular formula is C9H10ClNO4. The van der Waals surface area contributed by atoms with E-state index in [0.717, 1.165) is 0 Å². The molecule has 1 saturated heterocycles. The normalized spacial score (nSPS) is 25.9. The maximum Gasteiger partial charge on any atom is 0.289 e. The molecule has 6 heteroatoms. The minimum absolute atomic E-state index is 0.109. The molecule has 1 aromatic heterocycles. The minimum atomic E-state index is -0.889. The number of β-amino-alcohol motifs (C(OH)–C–C–N with tert-alkyl or cyclic N) is 2. The van der Waals surface area contributed by atoms with Gasteiger partial charge in [0.25, 0.3) is 5.91 Å². The van der Waals surface area contributed by atoms with Gasteiger partial charge in [-0.15, -0.1) is 0 Å².